The van der Waals surface area contributed by atoms with Crippen LogP contribution in [0, 0.1) is 23.7 Å². The van der Waals surface area contributed by atoms with Gasteiger partial charge in [-0.2, -0.15) is 12.7 Å². The first-order valence-corrected chi connectivity index (χ1v) is 45.1. The summed E-state index contributed by atoms with van der Waals surface area (Å²) >= 11 is 0. The van der Waals surface area contributed by atoms with Gasteiger partial charge in [0, 0.05) is 135 Å². The molecule has 0 unspecified atom stereocenters. The number of fused-ring (bicyclic) bond motifs is 12. The lowest BCUT2D eigenvalue weighted by Gasteiger charge is -2.34. The molecule has 4 saturated heterocycles. The average Bonchev–Trinajstić information content (AvgIpc) is 1.77. The minimum Gasteiger partial charge on any atom is -0.531 e. The second kappa shape index (κ2) is 35.1. The minimum absolute atomic E-state index is 0.00188. The van der Waals surface area contributed by atoms with Gasteiger partial charge in [-0.15, -0.1) is 0 Å². The number of nitrogens with one attached hydrogen (secondary N) is 5. The maximum Gasteiger partial charge on any atom is 0.552 e. The van der Waals surface area contributed by atoms with Crippen LogP contribution in [0.15, 0.2) is 158 Å². The van der Waals surface area contributed by atoms with E-state index in [9.17, 15) is 53.8 Å². The fourth-order valence-electron chi connectivity index (χ4n) is 16.8. The molecule has 8 aliphatic rings. The van der Waals surface area contributed by atoms with Crippen LogP contribution in [0.5, 0.6) is 23.0 Å². The zero-order chi connectivity index (χ0) is 80.2. The van der Waals surface area contributed by atoms with Gasteiger partial charge in [-0.1, -0.05) is 67.6 Å². The van der Waals surface area contributed by atoms with Crippen LogP contribution >= 0.6 is 0 Å². The van der Waals surface area contributed by atoms with Crippen LogP contribution in [-0.2, 0) is 57.2 Å². The lowest BCUT2D eigenvalue weighted by Crippen LogP contribution is -2.45. The van der Waals surface area contributed by atoms with Crippen molar-refractivity contribution >= 4 is 135 Å². The summed E-state index contributed by atoms with van der Waals surface area (Å²) in [5.74, 6) is 9.94. The Labute approximate surface area is 669 Å². The fourth-order valence-corrected chi connectivity index (χ4v) is 22.6. The van der Waals surface area contributed by atoms with Gasteiger partial charge < -0.3 is 63.4 Å². The van der Waals surface area contributed by atoms with E-state index in [1.807, 2.05) is 117 Å². The molecule has 8 aliphatic heterocycles. The van der Waals surface area contributed by atoms with Crippen LogP contribution in [0.3, 0.4) is 0 Å². The van der Waals surface area contributed by atoms with E-state index in [0.717, 1.165) is 106 Å². The van der Waals surface area contributed by atoms with Crippen molar-refractivity contribution in [3.8, 4) is 23.0 Å². The monoisotopic (exact) mass is 1640 g/mol. The molecule has 4 fully saturated rings. The highest BCUT2D eigenvalue weighted by molar-refractivity contribution is 7.89. The Balaban J connectivity index is 0.000000121. The highest BCUT2D eigenvalue weighted by Gasteiger charge is 2.41. The minimum atomic E-state index is -3.42. The van der Waals surface area contributed by atoms with Crippen molar-refractivity contribution in [2.24, 2.45) is 23.7 Å². The zero-order valence-electron chi connectivity index (χ0n) is 63.7. The standard InChI is InChI=1S/C22H24BN3O4S.C21H22BN3O4S.C17H23BN4O4S.C17H22BN3O5S/c27-23-14-19(21-18-6-10-24-22(18)25-15-20(21)30-23)17-7-11-26(12-8-17)31(28,29)13-9-16-4-2-1-3-5-16;26-22-12-18(20-17-6-9-23-21(17)24-13-19(20)29-22)16-7-10-25(11-8-16)30(27,28)14-15-4-2-1-3-5-15;1-2-6-21-27(24,25)22-8-4-12(5-9-22)14-10-18(23)26-15-11-20-17-13(16(14)15)3-7-19-17;1-25-8-9-27(23,24)21-6-3-12(4-7-21)14-10-18(22)26-15-11-20-17-13(16(14)15)2-5-19-17/h1-6,10,14-15,17,27H,7-9,11-13H2,(H,24,25);1-6,9,12-13,16,26H,7-8,10-11,14H2,(H,23,24);3,7,10-12,21,23H,2,4-6,8-9H2,1H3,(H,19,20);2,5,10-12,22H,3-4,6-9H2,1H3,(H,19,20). The highest BCUT2D eigenvalue weighted by atomic mass is 32.2. The van der Waals surface area contributed by atoms with Crippen LogP contribution < -0.4 is 23.3 Å². The Morgan fingerprint density at radius 1 is 0.426 bits per heavy atom. The number of piperidine rings is 4. The van der Waals surface area contributed by atoms with Gasteiger partial charge in [0.15, 0.2) is 0 Å². The van der Waals surface area contributed by atoms with E-state index in [1.54, 1.807) is 57.3 Å². The first-order valence-electron chi connectivity index (χ1n) is 38.9. The number of aryl methyl sites for hydroxylation is 1. The number of methoxy groups -OCH3 is 1. The van der Waals surface area contributed by atoms with Gasteiger partial charge in [0.25, 0.3) is 10.2 Å². The summed E-state index contributed by atoms with van der Waals surface area (Å²) in [5.41, 5.74) is 12.7. The molecule has 9 N–H and O–H groups in total. The Morgan fingerprint density at radius 3 is 1.05 bits per heavy atom. The Morgan fingerprint density at radius 2 is 0.730 bits per heavy atom. The van der Waals surface area contributed by atoms with E-state index in [2.05, 4.69) is 44.6 Å². The smallest absolute Gasteiger partial charge is 0.531 e. The van der Waals surface area contributed by atoms with Gasteiger partial charge in [0.1, 0.15) is 45.6 Å². The number of aromatic amines is 4. The van der Waals surface area contributed by atoms with Gasteiger partial charge in [0.2, 0.25) is 30.1 Å². The van der Waals surface area contributed by atoms with Crippen molar-refractivity contribution in [3.63, 3.8) is 0 Å². The molecule has 115 heavy (non-hydrogen) atoms. The second-order valence-electron chi connectivity index (χ2n) is 29.7. The summed E-state index contributed by atoms with van der Waals surface area (Å²) in [6.45, 7) is 6.29. The molecule has 38 heteroatoms. The highest BCUT2D eigenvalue weighted by Crippen LogP contribution is 2.48. The number of sulfonamides is 3. The Hall–Kier alpha value is -8.98. The number of rotatable bonds is 19. The summed E-state index contributed by atoms with van der Waals surface area (Å²) in [5, 5.41) is 44.4. The van der Waals surface area contributed by atoms with E-state index in [1.165, 1.54) is 15.7 Å². The third kappa shape index (κ3) is 18.1. The number of ether oxygens (including phenoxy) is 1. The van der Waals surface area contributed by atoms with Crippen molar-refractivity contribution in [1.82, 2.24) is 61.8 Å². The third-order valence-electron chi connectivity index (χ3n) is 22.5. The lowest BCUT2D eigenvalue weighted by molar-refractivity contribution is 0.214. The largest absolute Gasteiger partial charge is 0.552 e. The predicted octanol–water partition coefficient (Wildman–Crippen LogP) is 7.60. The molecule has 0 spiro atoms. The molecule has 0 saturated carbocycles. The molecule has 8 aromatic heterocycles. The SMILES string of the molecule is CCCNS(=O)(=O)N1CCC(C2=CB(O)Oc3cnc4[nH]ccc4c32)CC1.COCCS(=O)(=O)N1CCC(C2=CB(O)Oc3cnc4[nH]ccc4c32)CC1.O=S(=O)(CCc1ccccc1)N1CCC(C2=CB(O)Oc3cnc4[nH]ccc4c32)CC1.O=S(=O)(Cc1ccccc1)N1CCC(C2=CB(O)Oc3cnc4[nH]ccc4c32)CC1. The predicted molar refractivity (Wildman–Crippen MR) is 444 cm³/mol. The molecular weight excluding hydrogens is 1550 g/mol. The van der Waals surface area contributed by atoms with Crippen LogP contribution in [0.25, 0.3) is 66.4 Å². The molecule has 602 valence electrons. The van der Waals surface area contributed by atoms with Crippen molar-refractivity contribution in [2.75, 3.05) is 84.1 Å². The normalized spacial score (nSPS) is 18.5. The van der Waals surface area contributed by atoms with Gasteiger partial charge in [-0.3, -0.25) is 0 Å². The molecule has 0 bridgehead atoms. The van der Waals surface area contributed by atoms with Gasteiger partial charge in [-0.05, 0) is 169 Å². The maximum atomic E-state index is 12.9. The molecule has 2 aromatic carbocycles. The van der Waals surface area contributed by atoms with E-state index >= 15 is 0 Å². The van der Waals surface area contributed by atoms with Crippen molar-refractivity contribution in [3.05, 3.63) is 192 Å². The first kappa shape index (κ1) is 81.2. The molecule has 16 heterocycles. The Kier molecular flexibility index (Phi) is 24.8. The van der Waals surface area contributed by atoms with Gasteiger partial charge >= 0.3 is 28.5 Å². The number of hydrogen-bond donors (Lipinski definition) is 9. The van der Waals surface area contributed by atoms with E-state index in [0.29, 0.717) is 140 Å². The average molecular weight is 1640 g/mol. The number of pyridine rings is 4. The van der Waals surface area contributed by atoms with Gasteiger partial charge in [0.05, 0.1) is 48.7 Å². The summed E-state index contributed by atoms with van der Waals surface area (Å²) in [6.07, 6.45) is 20.7. The maximum absolute atomic E-state index is 12.9. The summed E-state index contributed by atoms with van der Waals surface area (Å²) in [6, 6.07) is 26.8. The molecule has 30 nitrogen and oxygen atoms in total. The van der Waals surface area contributed by atoms with E-state index < -0.39 is 68.8 Å². The molecule has 0 radical (unpaired) electrons. The number of nitrogens with zero attached hydrogens (tertiary/aromatic N) is 8. The van der Waals surface area contributed by atoms with E-state index in [-0.39, 0.29) is 47.5 Å². The lowest BCUT2D eigenvalue weighted by atomic mass is 9.74. The van der Waals surface area contributed by atoms with Crippen molar-refractivity contribution in [1.29, 1.82) is 0 Å². The molecule has 0 aliphatic carbocycles. The van der Waals surface area contributed by atoms with Crippen LogP contribution in [0.1, 0.15) is 98.1 Å². The quantitative estimate of drug-likeness (QED) is 0.0352. The summed E-state index contributed by atoms with van der Waals surface area (Å²) in [4.78, 5) is 29.8. The van der Waals surface area contributed by atoms with Crippen molar-refractivity contribution in [2.45, 2.75) is 76.9 Å². The fraction of sp³-hybridized carbons (Fsp3) is 0.377. The number of hydrogen-bond acceptors (Lipinski definition) is 21. The molecular formula is C77H91B4N13O17S4. The van der Waals surface area contributed by atoms with Crippen LogP contribution in [-0.4, -0.2) is 223 Å². The number of H-pyrrole nitrogens is 4. The second-order valence-corrected chi connectivity index (χ2v) is 37.6. The topological polar surface area (TPSA) is 403 Å². The third-order valence-corrected chi connectivity index (χ3v) is 29.7. The van der Waals surface area contributed by atoms with Crippen molar-refractivity contribution < 1.29 is 77.1 Å². The number of aromatic nitrogens is 8. The zero-order valence-corrected chi connectivity index (χ0v) is 67.0. The summed E-state index contributed by atoms with van der Waals surface area (Å²) < 4.78 is 137. The van der Waals surface area contributed by atoms with Gasteiger partial charge in [-0.25, -0.2) is 62.8 Å². The molecule has 0 atom stereocenters. The molecule has 18 rings (SSSR count). The molecule has 10 aromatic rings. The first-order chi connectivity index (χ1) is 55.5. The molecule has 0 amide bonds. The summed E-state index contributed by atoms with van der Waals surface area (Å²) in [7, 11) is -16.0. The van der Waals surface area contributed by atoms with Crippen LogP contribution in [0.4, 0.5) is 0 Å². The number of allylic oxidation sites excluding steroid dienone is 4. The van der Waals surface area contributed by atoms with Crippen LogP contribution in [0.2, 0.25) is 0 Å². The van der Waals surface area contributed by atoms with E-state index in [4.69, 9.17) is 23.4 Å². The Bertz CT molecular complexity index is 5590. The number of benzene rings is 2.